The summed E-state index contributed by atoms with van der Waals surface area (Å²) in [5, 5.41) is 0. The van der Waals surface area contributed by atoms with Crippen LogP contribution in [0, 0.1) is 5.82 Å². The Balaban J connectivity index is 2.68. The van der Waals surface area contributed by atoms with E-state index in [0.717, 1.165) is 17.5 Å². The molecule has 0 saturated heterocycles. The molecule has 2 aromatic carbocycles. The predicted octanol–water partition coefficient (Wildman–Crippen LogP) is 5.36. The van der Waals surface area contributed by atoms with Crippen molar-refractivity contribution in [3.63, 3.8) is 0 Å². The lowest BCUT2D eigenvalue weighted by atomic mass is 9.80. The van der Waals surface area contributed by atoms with E-state index in [1.54, 1.807) is 19.2 Å². The smallest absolute Gasteiger partial charge is 0.131 e. The first kappa shape index (κ1) is 15.6. The molecule has 0 amide bonds. The zero-order valence-electron chi connectivity index (χ0n) is 13.5. The number of ether oxygens (including phenoxy) is 1. The number of hydrogen-bond donors (Lipinski definition) is 0. The van der Waals surface area contributed by atoms with Gasteiger partial charge < -0.3 is 4.74 Å². The molecular weight excluding hydrogens is 263 g/mol. The molecule has 0 atom stereocenters. The van der Waals surface area contributed by atoms with Gasteiger partial charge >= 0.3 is 0 Å². The molecule has 0 saturated carbocycles. The van der Waals surface area contributed by atoms with Crippen LogP contribution in [0.3, 0.4) is 0 Å². The van der Waals surface area contributed by atoms with Crippen LogP contribution in [0.15, 0.2) is 36.4 Å². The molecular formula is C19H23FO. The first-order valence-electron chi connectivity index (χ1n) is 7.34. The van der Waals surface area contributed by atoms with Gasteiger partial charge in [0, 0.05) is 5.56 Å². The third-order valence-electron chi connectivity index (χ3n) is 3.76. The lowest BCUT2D eigenvalue weighted by molar-refractivity contribution is 0.414. The zero-order valence-corrected chi connectivity index (χ0v) is 13.5. The Kier molecular flexibility index (Phi) is 4.36. The molecule has 0 aromatic heterocycles. The van der Waals surface area contributed by atoms with Crippen LogP contribution in [0.1, 0.15) is 38.8 Å². The fourth-order valence-electron chi connectivity index (χ4n) is 2.50. The molecule has 1 nitrogen and oxygen atoms in total. The zero-order chi connectivity index (χ0) is 15.6. The first-order chi connectivity index (χ1) is 9.86. The quantitative estimate of drug-likeness (QED) is 0.738. The van der Waals surface area contributed by atoms with Crippen LogP contribution in [0.2, 0.25) is 0 Å². The second-order valence-electron chi connectivity index (χ2n) is 6.33. The summed E-state index contributed by atoms with van der Waals surface area (Å²) >= 11 is 0. The number of hydrogen-bond acceptors (Lipinski definition) is 1. The van der Waals surface area contributed by atoms with Crippen molar-refractivity contribution in [2.45, 2.75) is 39.5 Å². The maximum atomic E-state index is 14.3. The molecule has 21 heavy (non-hydrogen) atoms. The van der Waals surface area contributed by atoms with Crippen LogP contribution >= 0.6 is 0 Å². The standard InChI is InChI=1S/C19H23FO/c1-6-13-7-9-15(17(11-13)19(2,3)4)16-12-14(21-5)8-10-18(16)20/h7-12H,6H2,1-5H3. The molecule has 0 heterocycles. The van der Waals surface area contributed by atoms with E-state index >= 15 is 0 Å². The minimum atomic E-state index is -0.217. The van der Waals surface area contributed by atoms with Crippen molar-refractivity contribution in [3.8, 4) is 16.9 Å². The maximum absolute atomic E-state index is 14.3. The Labute approximate surface area is 126 Å². The lowest BCUT2D eigenvalue weighted by Crippen LogP contribution is -2.13. The van der Waals surface area contributed by atoms with Gasteiger partial charge in [-0.3, -0.25) is 0 Å². The topological polar surface area (TPSA) is 9.23 Å². The maximum Gasteiger partial charge on any atom is 0.131 e. The van der Waals surface area contributed by atoms with Gasteiger partial charge in [0.05, 0.1) is 7.11 Å². The molecule has 0 spiro atoms. The summed E-state index contributed by atoms with van der Waals surface area (Å²) in [5.41, 5.74) is 3.93. The third kappa shape index (κ3) is 3.26. The summed E-state index contributed by atoms with van der Waals surface area (Å²) in [6, 6.07) is 11.2. The van der Waals surface area contributed by atoms with E-state index in [-0.39, 0.29) is 11.2 Å². The largest absolute Gasteiger partial charge is 0.497 e. The van der Waals surface area contributed by atoms with Gasteiger partial charge in [0.2, 0.25) is 0 Å². The molecule has 0 aliphatic carbocycles. The minimum absolute atomic E-state index is 0.0456. The van der Waals surface area contributed by atoms with Gasteiger partial charge in [0.15, 0.2) is 0 Å². The molecule has 0 fully saturated rings. The number of halogens is 1. The molecule has 2 aromatic rings. The molecule has 0 aliphatic heterocycles. The Hall–Kier alpha value is -1.83. The van der Waals surface area contributed by atoms with E-state index < -0.39 is 0 Å². The van der Waals surface area contributed by atoms with Gasteiger partial charge in [-0.2, -0.15) is 0 Å². The van der Waals surface area contributed by atoms with Crippen molar-refractivity contribution in [1.29, 1.82) is 0 Å². The molecule has 0 radical (unpaired) electrons. The fourth-order valence-corrected chi connectivity index (χ4v) is 2.50. The van der Waals surface area contributed by atoms with Crippen molar-refractivity contribution in [3.05, 3.63) is 53.3 Å². The minimum Gasteiger partial charge on any atom is -0.497 e. The molecule has 0 bridgehead atoms. The molecule has 0 N–H and O–H groups in total. The molecule has 0 aliphatic rings. The van der Waals surface area contributed by atoms with E-state index in [2.05, 4.69) is 39.8 Å². The van der Waals surface area contributed by atoms with Crippen LogP contribution in [0.25, 0.3) is 11.1 Å². The summed E-state index contributed by atoms with van der Waals surface area (Å²) in [6.07, 6.45) is 0.976. The molecule has 2 rings (SSSR count). The van der Waals surface area contributed by atoms with Crippen LogP contribution in [-0.4, -0.2) is 7.11 Å². The highest BCUT2D eigenvalue weighted by Crippen LogP contribution is 2.36. The first-order valence-corrected chi connectivity index (χ1v) is 7.34. The normalized spacial score (nSPS) is 11.5. The Bertz CT molecular complexity index is 638. The Morgan fingerprint density at radius 2 is 1.71 bits per heavy atom. The lowest BCUT2D eigenvalue weighted by Gasteiger charge is -2.24. The van der Waals surface area contributed by atoms with Crippen molar-refractivity contribution in [1.82, 2.24) is 0 Å². The van der Waals surface area contributed by atoms with Gasteiger partial charge in [0.25, 0.3) is 0 Å². The summed E-state index contributed by atoms with van der Waals surface area (Å²) in [6.45, 7) is 8.60. The van der Waals surface area contributed by atoms with Crippen molar-refractivity contribution < 1.29 is 9.13 Å². The van der Waals surface area contributed by atoms with E-state index in [9.17, 15) is 4.39 Å². The van der Waals surface area contributed by atoms with Gasteiger partial charge in [-0.1, -0.05) is 45.9 Å². The summed E-state index contributed by atoms with van der Waals surface area (Å²) in [5.74, 6) is 0.455. The van der Waals surface area contributed by atoms with E-state index in [1.807, 2.05) is 6.07 Å². The highest BCUT2D eigenvalue weighted by molar-refractivity contribution is 5.71. The van der Waals surface area contributed by atoms with Crippen molar-refractivity contribution >= 4 is 0 Å². The van der Waals surface area contributed by atoms with Crippen LogP contribution in [0.5, 0.6) is 5.75 Å². The molecule has 112 valence electrons. The number of aryl methyl sites for hydroxylation is 1. The second kappa shape index (κ2) is 5.88. The predicted molar refractivity (Wildman–Crippen MR) is 86.5 cm³/mol. The van der Waals surface area contributed by atoms with Gasteiger partial charge in [-0.25, -0.2) is 4.39 Å². The van der Waals surface area contributed by atoms with Crippen molar-refractivity contribution in [2.24, 2.45) is 0 Å². The fraction of sp³-hybridized carbons (Fsp3) is 0.368. The second-order valence-corrected chi connectivity index (χ2v) is 6.33. The Morgan fingerprint density at radius 1 is 1.00 bits per heavy atom. The van der Waals surface area contributed by atoms with Gasteiger partial charge in [-0.05, 0) is 46.7 Å². The van der Waals surface area contributed by atoms with E-state index in [1.165, 1.54) is 11.6 Å². The van der Waals surface area contributed by atoms with Crippen LogP contribution < -0.4 is 4.74 Å². The summed E-state index contributed by atoms with van der Waals surface area (Å²) < 4.78 is 19.5. The number of rotatable bonds is 3. The third-order valence-corrected chi connectivity index (χ3v) is 3.76. The number of methoxy groups -OCH3 is 1. The van der Waals surface area contributed by atoms with Gasteiger partial charge in [0.1, 0.15) is 11.6 Å². The monoisotopic (exact) mass is 286 g/mol. The molecule has 2 heteroatoms. The van der Waals surface area contributed by atoms with E-state index in [4.69, 9.17) is 4.74 Å². The van der Waals surface area contributed by atoms with Crippen molar-refractivity contribution in [2.75, 3.05) is 7.11 Å². The summed E-state index contributed by atoms with van der Waals surface area (Å²) in [4.78, 5) is 0. The van der Waals surface area contributed by atoms with Gasteiger partial charge in [-0.15, -0.1) is 0 Å². The average molecular weight is 286 g/mol. The van der Waals surface area contributed by atoms with Crippen LogP contribution in [0.4, 0.5) is 4.39 Å². The van der Waals surface area contributed by atoms with Crippen LogP contribution in [-0.2, 0) is 11.8 Å². The SMILES string of the molecule is CCc1ccc(-c2cc(OC)ccc2F)c(C(C)(C)C)c1. The molecule has 0 unspecified atom stereocenters. The highest BCUT2D eigenvalue weighted by atomic mass is 19.1. The average Bonchev–Trinajstić information content (AvgIpc) is 2.46. The Morgan fingerprint density at radius 3 is 2.29 bits per heavy atom. The number of benzene rings is 2. The highest BCUT2D eigenvalue weighted by Gasteiger charge is 2.21. The summed E-state index contributed by atoms with van der Waals surface area (Å²) in [7, 11) is 1.60. The van der Waals surface area contributed by atoms with E-state index in [0.29, 0.717) is 11.3 Å².